The van der Waals surface area contributed by atoms with Crippen LogP contribution >= 0.6 is 0 Å². The van der Waals surface area contributed by atoms with E-state index in [1.165, 1.54) is 0 Å². The summed E-state index contributed by atoms with van der Waals surface area (Å²) in [7, 11) is 0. The number of primary amides is 1. The van der Waals surface area contributed by atoms with Crippen LogP contribution in [-0.4, -0.2) is 62.7 Å². The second kappa shape index (κ2) is 13.7. The van der Waals surface area contributed by atoms with Gasteiger partial charge in [-0.05, 0) is 18.1 Å². The lowest BCUT2D eigenvalue weighted by Crippen LogP contribution is -2.32. The highest BCUT2D eigenvalue weighted by Crippen LogP contribution is 2.18. The number of carboxylic acids is 3. The number of aromatic amines is 1. The van der Waals surface area contributed by atoms with E-state index in [1.807, 2.05) is 30.5 Å². The van der Waals surface area contributed by atoms with Gasteiger partial charge in [0.25, 0.3) is 0 Å². The molecule has 1 aromatic heterocycles. The first kappa shape index (κ1) is 26.5. The Morgan fingerprint density at radius 2 is 1.50 bits per heavy atom. The first-order chi connectivity index (χ1) is 14.0. The maximum atomic E-state index is 10.6. The summed E-state index contributed by atoms with van der Waals surface area (Å²) in [6.07, 6.45) is 2.28. The Kier molecular flexibility index (Phi) is 12.1. The molecule has 2 aromatic rings. The van der Waals surface area contributed by atoms with Gasteiger partial charge in [-0.1, -0.05) is 18.2 Å². The van der Waals surface area contributed by atoms with Gasteiger partial charge in [-0.15, -0.1) is 0 Å². The molecule has 0 aliphatic rings. The molecule has 2 atom stereocenters. The van der Waals surface area contributed by atoms with Crippen molar-refractivity contribution < 1.29 is 34.5 Å². The number of aromatic nitrogens is 1. The number of hydrogen-bond acceptors (Lipinski definition) is 7. The molecule has 0 radical (unpaired) electrons. The lowest BCUT2D eigenvalue weighted by atomic mass is 10.1. The molecular formula is C18H27N5O7. The van der Waals surface area contributed by atoms with Gasteiger partial charge in [0, 0.05) is 29.9 Å². The highest BCUT2D eigenvalue weighted by molar-refractivity contribution is 5.84. The lowest BCUT2D eigenvalue weighted by molar-refractivity contribution is -0.139. The van der Waals surface area contributed by atoms with Gasteiger partial charge in [-0.2, -0.15) is 0 Å². The number of rotatable bonds is 8. The first-order valence-electron chi connectivity index (χ1n) is 8.71. The number of hydrogen-bond donors (Lipinski definition) is 8. The SMILES string of the molecule is NC(=O)CC[C@H](N)C(=O)O.NCC(=O)O.N[C@@H](Cc1c[nH]c2ccccc12)C(=O)O. The third-order valence-electron chi connectivity index (χ3n) is 3.63. The Labute approximate surface area is 171 Å². The van der Waals surface area contributed by atoms with E-state index in [4.69, 9.17) is 32.5 Å². The van der Waals surface area contributed by atoms with Gasteiger partial charge in [0.2, 0.25) is 5.91 Å². The van der Waals surface area contributed by atoms with Crippen molar-refractivity contribution in [2.45, 2.75) is 31.3 Å². The van der Waals surface area contributed by atoms with Crippen molar-refractivity contribution in [1.82, 2.24) is 4.98 Å². The molecule has 2 rings (SSSR count). The second-order valence-electron chi connectivity index (χ2n) is 6.06. The van der Waals surface area contributed by atoms with Gasteiger partial charge >= 0.3 is 17.9 Å². The number of nitrogens with one attached hydrogen (secondary N) is 1. The van der Waals surface area contributed by atoms with Crippen molar-refractivity contribution in [2.24, 2.45) is 22.9 Å². The number of carbonyl (C=O) groups excluding carboxylic acids is 1. The molecule has 1 amide bonds. The van der Waals surface area contributed by atoms with Gasteiger partial charge in [0.15, 0.2) is 0 Å². The zero-order valence-electron chi connectivity index (χ0n) is 16.2. The molecule has 30 heavy (non-hydrogen) atoms. The van der Waals surface area contributed by atoms with E-state index >= 15 is 0 Å². The van der Waals surface area contributed by atoms with Crippen molar-refractivity contribution in [1.29, 1.82) is 0 Å². The minimum Gasteiger partial charge on any atom is -0.480 e. The fraction of sp³-hybridized carbons (Fsp3) is 0.333. The van der Waals surface area contributed by atoms with Crippen molar-refractivity contribution in [3.8, 4) is 0 Å². The molecule has 0 saturated heterocycles. The minimum atomic E-state index is -1.11. The van der Waals surface area contributed by atoms with E-state index < -0.39 is 35.9 Å². The molecular weight excluding hydrogens is 398 g/mol. The fourth-order valence-electron chi connectivity index (χ4n) is 2.05. The molecule has 12 nitrogen and oxygen atoms in total. The van der Waals surface area contributed by atoms with Crippen LogP contribution in [0.1, 0.15) is 18.4 Å². The average molecular weight is 425 g/mol. The summed E-state index contributed by atoms with van der Waals surface area (Å²) in [6, 6.07) is 5.93. The van der Waals surface area contributed by atoms with Crippen LogP contribution in [0.3, 0.4) is 0 Å². The fourth-order valence-corrected chi connectivity index (χ4v) is 2.05. The van der Waals surface area contributed by atoms with Gasteiger partial charge in [0.05, 0.1) is 6.54 Å². The van der Waals surface area contributed by atoms with Gasteiger partial charge in [-0.3, -0.25) is 19.2 Å². The summed E-state index contributed by atoms with van der Waals surface area (Å²) in [5, 5.41) is 25.6. The number of fused-ring (bicyclic) bond motifs is 1. The Morgan fingerprint density at radius 3 is 1.97 bits per heavy atom. The monoisotopic (exact) mass is 425 g/mol. The molecule has 0 spiro atoms. The molecule has 0 aliphatic carbocycles. The smallest absolute Gasteiger partial charge is 0.320 e. The molecule has 1 heterocycles. The molecule has 0 aliphatic heterocycles. The van der Waals surface area contributed by atoms with Crippen LogP contribution < -0.4 is 22.9 Å². The van der Waals surface area contributed by atoms with Crippen molar-refractivity contribution in [2.75, 3.05) is 6.54 Å². The van der Waals surface area contributed by atoms with Gasteiger partial charge in [0.1, 0.15) is 12.1 Å². The quantitative estimate of drug-likeness (QED) is 0.251. The van der Waals surface area contributed by atoms with Crippen LogP contribution in [0.15, 0.2) is 30.5 Å². The highest BCUT2D eigenvalue weighted by Gasteiger charge is 2.14. The summed E-state index contributed by atoms with van der Waals surface area (Å²) in [4.78, 5) is 43.1. The van der Waals surface area contributed by atoms with E-state index in [2.05, 4.69) is 10.7 Å². The molecule has 0 unspecified atom stereocenters. The predicted octanol–water partition coefficient (Wildman–Crippen LogP) is -1.18. The summed E-state index contributed by atoms with van der Waals surface area (Å²) in [5.41, 5.74) is 21.8. The summed E-state index contributed by atoms with van der Waals surface area (Å²) >= 11 is 0. The van der Waals surface area contributed by atoms with E-state index in [0.29, 0.717) is 6.42 Å². The number of carbonyl (C=O) groups is 4. The number of para-hydroxylation sites is 1. The van der Waals surface area contributed by atoms with Crippen LogP contribution in [0.4, 0.5) is 0 Å². The summed E-state index contributed by atoms with van der Waals surface area (Å²) in [5.74, 6) is -3.58. The molecule has 0 saturated carbocycles. The number of benzene rings is 1. The number of aliphatic carboxylic acids is 3. The number of carboxylic acid groups (broad SMARTS) is 3. The van der Waals surface area contributed by atoms with Gasteiger partial charge in [-0.25, -0.2) is 0 Å². The Hall–Kier alpha value is -3.48. The summed E-state index contributed by atoms with van der Waals surface area (Å²) < 4.78 is 0. The number of nitrogens with two attached hydrogens (primary N) is 4. The molecule has 166 valence electrons. The van der Waals surface area contributed by atoms with Crippen molar-refractivity contribution in [3.05, 3.63) is 36.0 Å². The third-order valence-corrected chi connectivity index (χ3v) is 3.63. The first-order valence-corrected chi connectivity index (χ1v) is 8.71. The maximum absolute atomic E-state index is 10.6. The zero-order chi connectivity index (χ0) is 23.3. The van der Waals surface area contributed by atoms with Crippen LogP contribution in [0.2, 0.25) is 0 Å². The molecule has 1 aromatic carbocycles. The Bertz CT molecular complexity index is 852. The predicted molar refractivity (Wildman–Crippen MR) is 108 cm³/mol. The standard InChI is InChI=1S/C11H12N2O2.C5H10N2O3.C2H5NO2/c12-9(11(14)15)5-7-6-13-10-4-2-1-3-8(7)10;6-3(5(9)10)1-2-4(7)8;3-1-2(4)5/h1-4,6,9,13H,5,12H2,(H,14,15);3H,1-2,6H2,(H2,7,8)(H,9,10);1,3H2,(H,4,5)/t9-;3-;/m00./s1. The van der Waals surface area contributed by atoms with Crippen molar-refractivity contribution >= 4 is 34.7 Å². The number of H-pyrrole nitrogens is 1. The molecule has 0 fully saturated rings. The van der Waals surface area contributed by atoms with E-state index in [9.17, 15) is 19.2 Å². The van der Waals surface area contributed by atoms with E-state index in [0.717, 1.165) is 16.5 Å². The van der Waals surface area contributed by atoms with Crippen molar-refractivity contribution in [3.63, 3.8) is 0 Å². The maximum Gasteiger partial charge on any atom is 0.320 e. The Morgan fingerprint density at radius 1 is 0.967 bits per heavy atom. The Balaban J connectivity index is 0.000000486. The topological polar surface area (TPSA) is 249 Å². The van der Waals surface area contributed by atoms with Crippen LogP contribution in [0, 0.1) is 0 Å². The van der Waals surface area contributed by atoms with Crippen LogP contribution in [-0.2, 0) is 25.6 Å². The normalized spacial score (nSPS) is 11.8. The van der Waals surface area contributed by atoms with Crippen LogP contribution in [0.25, 0.3) is 10.9 Å². The average Bonchev–Trinajstić information content (AvgIpc) is 3.09. The zero-order valence-corrected chi connectivity index (χ0v) is 16.2. The molecule has 12 heteroatoms. The highest BCUT2D eigenvalue weighted by atomic mass is 16.4. The van der Waals surface area contributed by atoms with E-state index in [-0.39, 0.29) is 19.4 Å². The van der Waals surface area contributed by atoms with Crippen LogP contribution in [0.5, 0.6) is 0 Å². The largest absolute Gasteiger partial charge is 0.480 e. The summed E-state index contributed by atoms with van der Waals surface area (Å²) in [6.45, 7) is -0.278. The van der Waals surface area contributed by atoms with E-state index in [1.54, 1.807) is 0 Å². The van der Waals surface area contributed by atoms with Gasteiger partial charge < -0.3 is 43.2 Å². The molecule has 12 N–H and O–H groups in total. The number of amides is 1. The molecule has 0 bridgehead atoms. The lowest BCUT2D eigenvalue weighted by Gasteiger charge is -2.04. The third kappa shape index (κ3) is 10.8. The minimum absolute atomic E-state index is 0.0213. The second-order valence-corrected chi connectivity index (χ2v) is 6.06.